The van der Waals surface area contributed by atoms with Crippen LogP contribution in [0.1, 0.15) is 30.2 Å². The molecule has 0 spiro atoms. The van der Waals surface area contributed by atoms with Gasteiger partial charge in [-0.15, -0.1) is 11.8 Å². The topological polar surface area (TPSA) is 48.3 Å². The molecule has 2 heterocycles. The molecule has 0 unspecified atom stereocenters. The van der Waals surface area contributed by atoms with E-state index < -0.39 is 23.0 Å². The zero-order valence-electron chi connectivity index (χ0n) is 12.0. The molecule has 2 aromatic rings. The van der Waals surface area contributed by atoms with Gasteiger partial charge in [0.15, 0.2) is 11.6 Å². The van der Waals surface area contributed by atoms with E-state index in [1.165, 1.54) is 18.0 Å². The third kappa shape index (κ3) is 2.11. The molecule has 116 valence electrons. The van der Waals surface area contributed by atoms with Gasteiger partial charge in [-0.05, 0) is 19.9 Å². The Kier molecular flexibility index (Phi) is 3.68. The predicted molar refractivity (Wildman–Crippen MR) is 79.5 cm³/mol. The summed E-state index contributed by atoms with van der Waals surface area (Å²) in [7, 11) is 0. The second-order valence-corrected chi connectivity index (χ2v) is 6.09. The lowest BCUT2D eigenvalue weighted by molar-refractivity contribution is 0.0524. The Labute approximate surface area is 129 Å². The van der Waals surface area contributed by atoms with Crippen molar-refractivity contribution < 1.29 is 18.3 Å². The van der Waals surface area contributed by atoms with Gasteiger partial charge in [-0.25, -0.2) is 13.6 Å². The molecule has 0 aliphatic carbocycles. The number of rotatable bonds is 2. The van der Waals surface area contributed by atoms with Gasteiger partial charge in [-0.3, -0.25) is 4.79 Å². The molecule has 7 heteroatoms. The van der Waals surface area contributed by atoms with Gasteiger partial charge in [0.25, 0.3) is 0 Å². The van der Waals surface area contributed by atoms with Crippen molar-refractivity contribution in [3.8, 4) is 0 Å². The number of esters is 1. The number of nitrogens with zero attached hydrogens (tertiary/aromatic N) is 1. The standard InChI is InChI=1S/C15H13F2NO3S/c1-3-21-15(20)9-5-18-7(2)6-22-14-11(17)10(16)4-8(12(14)18)13(9)19/h4-5,7H,3,6H2,1-2H3/t7-/m0/s1. The fourth-order valence-corrected chi connectivity index (χ4v) is 3.69. The highest BCUT2D eigenvalue weighted by Gasteiger charge is 2.27. The van der Waals surface area contributed by atoms with Crippen LogP contribution in [-0.2, 0) is 4.74 Å². The van der Waals surface area contributed by atoms with Crippen molar-refractivity contribution in [2.45, 2.75) is 24.8 Å². The average molecular weight is 325 g/mol. The van der Waals surface area contributed by atoms with E-state index in [1.54, 1.807) is 11.5 Å². The molecule has 4 nitrogen and oxygen atoms in total. The Morgan fingerprint density at radius 3 is 2.91 bits per heavy atom. The first-order valence-electron chi connectivity index (χ1n) is 6.82. The van der Waals surface area contributed by atoms with Crippen molar-refractivity contribution in [2.24, 2.45) is 0 Å². The van der Waals surface area contributed by atoms with Gasteiger partial charge in [0.05, 0.1) is 22.4 Å². The molecule has 1 aliphatic heterocycles. The molecule has 0 radical (unpaired) electrons. The summed E-state index contributed by atoms with van der Waals surface area (Å²) < 4.78 is 34.3. The minimum Gasteiger partial charge on any atom is -0.462 e. The molecule has 0 saturated carbocycles. The second kappa shape index (κ2) is 5.39. The maximum absolute atomic E-state index is 14.0. The van der Waals surface area contributed by atoms with Crippen LogP contribution in [0.2, 0.25) is 0 Å². The maximum atomic E-state index is 14.0. The fraction of sp³-hybridized carbons (Fsp3) is 0.333. The van der Waals surface area contributed by atoms with Crippen molar-refractivity contribution >= 4 is 28.6 Å². The van der Waals surface area contributed by atoms with Gasteiger partial charge in [0.2, 0.25) is 5.43 Å². The van der Waals surface area contributed by atoms with Gasteiger partial charge in [0.1, 0.15) is 5.56 Å². The molecule has 1 aromatic carbocycles. The lowest BCUT2D eigenvalue weighted by Gasteiger charge is -2.26. The van der Waals surface area contributed by atoms with Crippen molar-refractivity contribution in [1.29, 1.82) is 0 Å². The van der Waals surface area contributed by atoms with Crippen LogP contribution in [-0.4, -0.2) is 22.9 Å². The van der Waals surface area contributed by atoms with E-state index in [9.17, 15) is 18.4 Å². The lowest BCUT2D eigenvalue weighted by Crippen LogP contribution is -2.25. The number of benzene rings is 1. The normalized spacial score (nSPS) is 16.8. The van der Waals surface area contributed by atoms with Gasteiger partial charge in [-0.1, -0.05) is 0 Å². The number of hydrogen-bond acceptors (Lipinski definition) is 4. The summed E-state index contributed by atoms with van der Waals surface area (Å²) >= 11 is 1.17. The number of carbonyl (C=O) groups is 1. The number of ether oxygens (including phenoxy) is 1. The minimum atomic E-state index is -1.09. The molecular formula is C15H13F2NO3S. The molecule has 0 fully saturated rings. The number of pyridine rings is 1. The summed E-state index contributed by atoms with van der Waals surface area (Å²) in [5, 5.41) is -0.00139. The van der Waals surface area contributed by atoms with E-state index in [0.29, 0.717) is 11.3 Å². The Balaban J connectivity index is 2.42. The van der Waals surface area contributed by atoms with Crippen LogP contribution in [0.5, 0.6) is 0 Å². The zero-order chi connectivity index (χ0) is 16.0. The first kappa shape index (κ1) is 15.0. The van der Waals surface area contributed by atoms with Gasteiger partial charge >= 0.3 is 5.97 Å². The van der Waals surface area contributed by atoms with E-state index in [2.05, 4.69) is 0 Å². The van der Waals surface area contributed by atoms with Crippen molar-refractivity contribution in [2.75, 3.05) is 12.4 Å². The quantitative estimate of drug-likeness (QED) is 0.796. The van der Waals surface area contributed by atoms with Crippen molar-refractivity contribution in [1.82, 2.24) is 4.57 Å². The molecule has 3 rings (SSSR count). The predicted octanol–water partition coefficient (Wildman–Crippen LogP) is 3.12. The zero-order valence-corrected chi connectivity index (χ0v) is 12.8. The summed E-state index contributed by atoms with van der Waals surface area (Å²) in [6, 6.07) is 0.799. The van der Waals surface area contributed by atoms with E-state index in [1.807, 2.05) is 6.92 Å². The summed E-state index contributed by atoms with van der Waals surface area (Å²) in [5.41, 5.74) is -0.467. The Morgan fingerprint density at radius 2 is 2.23 bits per heavy atom. The first-order chi connectivity index (χ1) is 10.5. The van der Waals surface area contributed by atoms with Gasteiger partial charge in [0, 0.05) is 18.0 Å². The highest BCUT2D eigenvalue weighted by molar-refractivity contribution is 7.99. The van der Waals surface area contributed by atoms with E-state index in [4.69, 9.17) is 4.74 Å². The molecule has 22 heavy (non-hydrogen) atoms. The number of carbonyl (C=O) groups excluding carboxylic acids is 1. The van der Waals surface area contributed by atoms with Crippen molar-refractivity contribution in [3.63, 3.8) is 0 Å². The number of aromatic nitrogens is 1. The summed E-state index contributed by atoms with van der Waals surface area (Å²) in [4.78, 5) is 24.5. The molecular weight excluding hydrogens is 312 g/mol. The smallest absolute Gasteiger partial charge is 0.343 e. The molecule has 1 atom stereocenters. The lowest BCUT2D eigenvalue weighted by atomic mass is 10.1. The third-order valence-electron chi connectivity index (χ3n) is 3.61. The monoisotopic (exact) mass is 325 g/mol. The Bertz CT molecular complexity index is 847. The second-order valence-electron chi connectivity index (χ2n) is 5.06. The SMILES string of the molecule is CCOC(=O)c1cn2c3c(c(F)c(F)cc3c1=O)SC[C@@H]2C. The van der Waals surface area contributed by atoms with Crippen LogP contribution < -0.4 is 5.43 Å². The highest BCUT2D eigenvalue weighted by Crippen LogP contribution is 2.38. The molecule has 0 bridgehead atoms. The van der Waals surface area contributed by atoms with Crippen LogP contribution in [0.3, 0.4) is 0 Å². The first-order valence-corrected chi connectivity index (χ1v) is 7.81. The summed E-state index contributed by atoms with van der Waals surface area (Å²) in [6.07, 6.45) is 1.38. The molecule has 0 saturated heterocycles. The number of halogens is 2. The third-order valence-corrected chi connectivity index (χ3v) is 4.92. The van der Waals surface area contributed by atoms with E-state index >= 15 is 0 Å². The molecule has 0 amide bonds. The number of thioether (sulfide) groups is 1. The molecule has 0 N–H and O–H groups in total. The van der Waals surface area contributed by atoms with Crippen LogP contribution in [0, 0.1) is 11.6 Å². The van der Waals surface area contributed by atoms with Crippen molar-refractivity contribution in [3.05, 3.63) is 39.7 Å². The minimum absolute atomic E-state index is 0.00139. The van der Waals surface area contributed by atoms with Crippen LogP contribution in [0.25, 0.3) is 10.9 Å². The van der Waals surface area contributed by atoms with Crippen LogP contribution in [0.4, 0.5) is 8.78 Å². The number of hydrogen-bond donors (Lipinski definition) is 0. The van der Waals surface area contributed by atoms with Crippen LogP contribution in [0.15, 0.2) is 22.0 Å². The highest BCUT2D eigenvalue weighted by atomic mass is 32.2. The average Bonchev–Trinajstić information content (AvgIpc) is 2.48. The van der Waals surface area contributed by atoms with E-state index in [-0.39, 0.29) is 28.5 Å². The summed E-state index contributed by atoms with van der Waals surface area (Å²) in [6.45, 7) is 3.65. The molecule has 1 aromatic heterocycles. The van der Waals surface area contributed by atoms with Gasteiger partial charge < -0.3 is 9.30 Å². The van der Waals surface area contributed by atoms with Gasteiger partial charge in [-0.2, -0.15) is 0 Å². The van der Waals surface area contributed by atoms with Crippen LogP contribution >= 0.6 is 11.8 Å². The fourth-order valence-electron chi connectivity index (χ4n) is 2.55. The Morgan fingerprint density at radius 1 is 1.50 bits per heavy atom. The molecule has 1 aliphatic rings. The largest absolute Gasteiger partial charge is 0.462 e. The summed E-state index contributed by atoms with van der Waals surface area (Å²) in [5.74, 6) is -2.28. The maximum Gasteiger partial charge on any atom is 0.343 e. The van der Waals surface area contributed by atoms with E-state index in [0.717, 1.165) is 6.07 Å². The Hall–Kier alpha value is -1.89.